The summed E-state index contributed by atoms with van der Waals surface area (Å²) in [6.45, 7) is 15.5. The number of ether oxygens (including phenoxy) is 4. The minimum atomic E-state index is 0.704. The second-order valence-electron chi connectivity index (χ2n) is 19.6. The third-order valence-corrected chi connectivity index (χ3v) is 18.9. The smallest absolute Gasteiger partial charge is 0.0788 e. The summed E-state index contributed by atoms with van der Waals surface area (Å²) in [5.74, 6) is 0. The third kappa shape index (κ3) is 36.4. The van der Waals surface area contributed by atoms with Gasteiger partial charge in [-0.3, -0.25) is 0 Å². The van der Waals surface area contributed by atoms with Crippen molar-refractivity contribution < 1.29 is 18.9 Å². The molecule has 0 saturated heterocycles. The number of hydrogen-bond donors (Lipinski definition) is 0. The number of unbranched alkanes of at least 4 members (excludes halogenated alkanes) is 36. The van der Waals surface area contributed by atoms with Gasteiger partial charge in [-0.25, -0.2) is 0 Å². The molecule has 0 aromatic rings. The summed E-state index contributed by atoms with van der Waals surface area (Å²) in [5, 5.41) is 0. The lowest BCUT2D eigenvalue weighted by atomic mass is 10.1. The van der Waals surface area contributed by atoms with Crippen LogP contribution in [0.2, 0.25) is 0 Å². The highest BCUT2D eigenvalue weighted by molar-refractivity contribution is 8.34. The Balaban J connectivity index is 1.90. The van der Waals surface area contributed by atoms with Crippen LogP contribution in [0.3, 0.4) is 0 Å². The molecule has 8 heteroatoms. The second-order valence-corrected chi connectivity index (χ2v) is 24.6. The van der Waals surface area contributed by atoms with Crippen LogP contribution in [0.15, 0.2) is 28.1 Å². The maximum absolute atomic E-state index is 6.41. The summed E-state index contributed by atoms with van der Waals surface area (Å²) in [4.78, 5) is 5.46. The van der Waals surface area contributed by atoms with E-state index in [2.05, 4.69) is 27.7 Å². The highest BCUT2D eigenvalue weighted by atomic mass is 32.2. The summed E-state index contributed by atoms with van der Waals surface area (Å²) < 4.78 is 28.4. The van der Waals surface area contributed by atoms with Crippen LogP contribution in [0.25, 0.3) is 0 Å². The average molecular weight is 998 g/mol. The van der Waals surface area contributed by atoms with Gasteiger partial charge in [0, 0.05) is 46.0 Å². The molecule has 2 rings (SSSR count). The Hall–Kier alpha value is 0.460. The molecule has 0 amide bonds. The molecular formula is C58H108O4S4. The Bertz CT molecular complexity index is 1000. The lowest BCUT2D eigenvalue weighted by molar-refractivity contribution is 0.146. The predicted molar refractivity (Wildman–Crippen MR) is 302 cm³/mol. The zero-order valence-corrected chi connectivity index (χ0v) is 47.5. The van der Waals surface area contributed by atoms with E-state index < -0.39 is 0 Å². The van der Waals surface area contributed by atoms with Crippen molar-refractivity contribution in [1.82, 2.24) is 0 Å². The molecule has 2 aliphatic heterocycles. The van der Waals surface area contributed by atoms with Crippen molar-refractivity contribution in [2.24, 2.45) is 0 Å². The van der Waals surface area contributed by atoms with Crippen LogP contribution in [0.5, 0.6) is 0 Å². The monoisotopic (exact) mass is 997 g/mol. The highest BCUT2D eigenvalue weighted by Gasteiger charge is 2.30. The fraction of sp³-hybridized carbons (Fsp3) is 0.897. The van der Waals surface area contributed by atoms with Crippen LogP contribution in [0, 0.1) is 0 Å². The molecule has 388 valence electrons. The van der Waals surface area contributed by atoms with Crippen molar-refractivity contribution in [3.63, 3.8) is 0 Å². The van der Waals surface area contributed by atoms with Crippen LogP contribution in [-0.4, -0.2) is 52.9 Å². The van der Waals surface area contributed by atoms with Crippen molar-refractivity contribution >= 4 is 47.0 Å². The minimum Gasteiger partial charge on any atom is -0.376 e. The number of hydrogen-bond acceptors (Lipinski definition) is 8. The Morgan fingerprint density at radius 1 is 0.212 bits per heavy atom. The van der Waals surface area contributed by atoms with Gasteiger partial charge in [0.15, 0.2) is 0 Å². The summed E-state index contributed by atoms with van der Waals surface area (Å²) >= 11 is 7.79. The minimum absolute atomic E-state index is 0.704. The van der Waals surface area contributed by atoms with Crippen LogP contribution < -0.4 is 0 Å². The Kier molecular flexibility index (Phi) is 46.5. The largest absolute Gasteiger partial charge is 0.376 e. The van der Waals surface area contributed by atoms with E-state index in [-0.39, 0.29) is 0 Å². The van der Waals surface area contributed by atoms with Crippen LogP contribution >= 0.6 is 47.0 Å². The van der Waals surface area contributed by atoms with Gasteiger partial charge in [0.25, 0.3) is 0 Å². The van der Waals surface area contributed by atoms with Gasteiger partial charge in [-0.05, 0) is 25.7 Å². The third-order valence-electron chi connectivity index (χ3n) is 13.2. The van der Waals surface area contributed by atoms with Gasteiger partial charge in [0.2, 0.25) is 0 Å². The molecule has 0 radical (unpaired) electrons. The summed E-state index contributed by atoms with van der Waals surface area (Å²) in [7, 11) is 0. The molecule has 0 aliphatic carbocycles. The molecule has 2 heterocycles. The van der Waals surface area contributed by atoms with Crippen LogP contribution in [0.1, 0.15) is 285 Å². The van der Waals surface area contributed by atoms with E-state index in [4.69, 9.17) is 18.9 Å². The molecule has 0 N–H and O–H groups in total. The lowest BCUT2D eigenvalue weighted by Crippen LogP contribution is -2.02. The van der Waals surface area contributed by atoms with Gasteiger partial charge in [0.05, 0.1) is 34.9 Å². The van der Waals surface area contributed by atoms with E-state index in [0.717, 1.165) is 26.4 Å². The van der Waals surface area contributed by atoms with E-state index in [1.54, 1.807) is 0 Å². The second kappa shape index (κ2) is 49.1. The first kappa shape index (κ1) is 62.6. The van der Waals surface area contributed by atoms with Crippen LogP contribution in [0.4, 0.5) is 0 Å². The van der Waals surface area contributed by atoms with Crippen molar-refractivity contribution in [3.05, 3.63) is 28.1 Å². The standard InChI is InChI=1S/C58H108O4S4/c1-5-9-13-17-21-25-29-33-37-41-45-59-49-53-54(50-60-46-42-38-34-30-26-22-18-14-10-6-2)64-57(63-53)58-65-55(51-61-47-43-39-35-31-27-23-19-15-11-7-3)56(66-58)52-62-48-44-40-36-32-28-24-20-16-12-8-4/h5-52H2,1-4H3. The highest BCUT2D eigenvalue weighted by Crippen LogP contribution is 2.60. The molecule has 0 fully saturated rings. The quantitative estimate of drug-likeness (QED) is 0.0558. The number of rotatable bonds is 52. The topological polar surface area (TPSA) is 36.9 Å². The summed E-state index contributed by atoms with van der Waals surface area (Å²) in [5.41, 5.74) is 0. The molecule has 0 aromatic carbocycles. The normalized spacial score (nSPS) is 14.4. The van der Waals surface area contributed by atoms with Crippen LogP contribution in [-0.2, 0) is 18.9 Å². The molecule has 0 aromatic heterocycles. The maximum atomic E-state index is 6.41. The van der Waals surface area contributed by atoms with Crippen molar-refractivity contribution in [1.29, 1.82) is 0 Å². The lowest BCUT2D eigenvalue weighted by Gasteiger charge is -2.08. The van der Waals surface area contributed by atoms with Gasteiger partial charge < -0.3 is 18.9 Å². The van der Waals surface area contributed by atoms with Gasteiger partial charge in [-0.2, -0.15) is 0 Å². The molecule has 0 unspecified atom stereocenters. The molecule has 66 heavy (non-hydrogen) atoms. The van der Waals surface area contributed by atoms with Crippen molar-refractivity contribution in [2.45, 2.75) is 285 Å². The molecule has 0 atom stereocenters. The molecule has 2 aliphatic rings. The Labute approximate surface area is 428 Å². The average Bonchev–Trinajstić information content (AvgIpc) is 3.93. The number of thioether (sulfide) groups is 4. The van der Waals surface area contributed by atoms with Gasteiger partial charge >= 0.3 is 0 Å². The first-order chi connectivity index (χ1) is 32.7. The fourth-order valence-electron chi connectivity index (χ4n) is 8.75. The van der Waals surface area contributed by atoms with Gasteiger partial charge in [-0.15, -0.1) is 0 Å². The SMILES string of the molecule is CCCCCCCCCCCCOCC1=C(COCCCCCCCCCCCC)SC(=C2SC(COCCCCCCCCCCCC)=C(COCCCCCCCCCCCC)S2)S1. The predicted octanol–water partition coefficient (Wildman–Crippen LogP) is 21.2. The zero-order valence-electron chi connectivity index (χ0n) is 44.2. The summed E-state index contributed by atoms with van der Waals surface area (Å²) in [6.07, 6.45) is 54.2. The Morgan fingerprint density at radius 3 is 0.530 bits per heavy atom. The first-order valence-electron chi connectivity index (χ1n) is 28.9. The van der Waals surface area contributed by atoms with E-state index in [1.807, 2.05) is 47.0 Å². The van der Waals surface area contributed by atoms with Crippen molar-refractivity contribution in [3.8, 4) is 0 Å². The van der Waals surface area contributed by atoms with Gasteiger partial charge in [-0.1, -0.05) is 306 Å². The first-order valence-corrected chi connectivity index (χ1v) is 32.2. The molecule has 0 saturated carbocycles. The molecule has 4 nitrogen and oxygen atoms in total. The summed E-state index contributed by atoms with van der Waals surface area (Å²) in [6, 6.07) is 0. The van der Waals surface area contributed by atoms with E-state index >= 15 is 0 Å². The zero-order chi connectivity index (χ0) is 47.1. The van der Waals surface area contributed by atoms with Gasteiger partial charge in [0.1, 0.15) is 0 Å². The van der Waals surface area contributed by atoms with E-state index in [1.165, 1.54) is 285 Å². The Morgan fingerprint density at radius 2 is 0.364 bits per heavy atom. The maximum Gasteiger partial charge on any atom is 0.0788 e. The molecule has 0 spiro atoms. The fourth-order valence-corrected chi connectivity index (χ4v) is 14.3. The van der Waals surface area contributed by atoms with E-state index in [9.17, 15) is 0 Å². The molecular weight excluding hydrogens is 889 g/mol. The van der Waals surface area contributed by atoms with Crippen molar-refractivity contribution in [2.75, 3.05) is 52.9 Å². The van der Waals surface area contributed by atoms with E-state index in [0.29, 0.717) is 26.4 Å². The molecule has 0 bridgehead atoms.